The van der Waals surface area contributed by atoms with Gasteiger partial charge in [-0.25, -0.2) is 4.79 Å². The van der Waals surface area contributed by atoms with Crippen molar-refractivity contribution in [2.45, 2.75) is 33.1 Å². The minimum absolute atomic E-state index is 0.0334. The number of hydrogen-bond donors (Lipinski definition) is 1. The summed E-state index contributed by atoms with van der Waals surface area (Å²) in [4.78, 5) is 21.3. The molecule has 7 nitrogen and oxygen atoms in total. The van der Waals surface area contributed by atoms with Crippen molar-refractivity contribution in [3.63, 3.8) is 0 Å². The van der Waals surface area contributed by atoms with Gasteiger partial charge in [-0.1, -0.05) is 44.1 Å². The fourth-order valence-electron chi connectivity index (χ4n) is 3.72. The number of hydrogen-bond acceptors (Lipinski definition) is 5. The summed E-state index contributed by atoms with van der Waals surface area (Å²) >= 11 is 0. The molecule has 0 spiro atoms. The van der Waals surface area contributed by atoms with Gasteiger partial charge in [-0.05, 0) is 42.3 Å². The zero-order valence-electron chi connectivity index (χ0n) is 18.3. The first-order valence-electron chi connectivity index (χ1n) is 10.9. The zero-order valence-corrected chi connectivity index (χ0v) is 18.3. The van der Waals surface area contributed by atoms with Gasteiger partial charge in [0.1, 0.15) is 0 Å². The Hall–Kier alpha value is -3.35. The Morgan fingerprint density at radius 3 is 2.42 bits per heavy atom. The fraction of sp³-hybridized carbons (Fsp3) is 0.375. The van der Waals surface area contributed by atoms with E-state index in [1.165, 1.54) is 0 Å². The molecule has 2 heterocycles. The lowest BCUT2D eigenvalue weighted by Crippen LogP contribution is -2.50. The molecule has 4 rings (SSSR count). The van der Waals surface area contributed by atoms with Gasteiger partial charge < -0.3 is 19.6 Å². The van der Waals surface area contributed by atoms with Crippen molar-refractivity contribution < 1.29 is 9.32 Å². The number of urea groups is 1. The van der Waals surface area contributed by atoms with Gasteiger partial charge in [0.15, 0.2) is 0 Å². The van der Waals surface area contributed by atoms with Crippen LogP contribution >= 0.6 is 0 Å². The van der Waals surface area contributed by atoms with Crippen LogP contribution in [0.4, 0.5) is 16.2 Å². The summed E-state index contributed by atoms with van der Waals surface area (Å²) in [6, 6.07) is 16.1. The second-order valence-corrected chi connectivity index (χ2v) is 8.07. The molecule has 31 heavy (non-hydrogen) atoms. The van der Waals surface area contributed by atoms with Gasteiger partial charge in [0.2, 0.25) is 11.7 Å². The number of carbonyl (C=O) groups is 1. The normalized spacial score (nSPS) is 14.2. The highest BCUT2D eigenvalue weighted by molar-refractivity contribution is 5.90. The zero-order chi connectivity index (χ0) is 21.8. The van der Waals surface area contributed by atoms with Crippen LogP contribution in [-0.4, -0.2) is 47.3 Å². The number of amides is 2. The number of piperazine rings is 1. The number of anilines is 2. The van der Waals surface area contributed by atoms with Crippen molar-refractivity contribution in [1.82, 2.24) is 15.0 Å². The summed E-state index contributed by atoms with van der Waals surface area (Å²) in [5, 5.41) is 7.14. The summed E-state index contributed by atoms with van der Waals surface area (Å²) in [6.45, 7) is 9.11. The molecule has 0 radical (unpaired) electrons. The average molecular weight is 420 g/mol. The van der Waals surface area contributed by atoms with E-state index in [0.29, 0.717) is 24.8 Å². The SMILES string of the molecule is CCc1ccccc1NC(=O)N1CCN(c2ccc(-c3noc(C(C)C)n3)cc2)CC1. The Bertz CT molecular complexity index is 1020. The van der Waals surface area contributed by atoms with Crippen molar-refractivity contribution in [3.8, 4) is 11.4 Å². The minimum Gasteiger partial charge on any atom is -0.368 e. The summed E-state index contributed by atoms with van der Waals surface area (Å²) in [5.41, 5.74) is 4.12. The van der Waals surface area contributed by atoms with Crippen molar-refractivity contribution in [1.29, 1.82) is 0 Å². The molecule has 2 amide bonds. The number of nitrogens with one attached hydrogen (secondary N) is 1. The highest BCUT2D eigenvalue weighted by Gasteiger charge is 2.22. The number of rotatable bonds is 5. The van der Waals surface area contributed by atoms with Crippen molar-refractivity contribution in [2.75, 3.05) is 36.4 Å². The van der Waals surface area contributed by atoms with Crippen LogP contribution in [0.25, 0.3) is 11.4 Å². The van der Waals surface area contributed by atoms with Crippen LogP contribution in [0.5, 0.6) is 0 Å². The second kappa shape index (κ2) is 9.20. The molecule has 0 atom stereocenters. The maximum atomic E-state index is 12.7. The number of carbonyl (C=O) groups excluding carboxylic acids is 1. The largest absolute Gasteiger partial charge is 0.368 e. The number of nitrogens with zero attached hydrogens (tertiary/aromatic N) is 4. The van der Waals surface area contributed by atoms with Crippen LogP contribution in [0, 0.1) is 0 Å². The van der Waals surface area contributed by atoms with E-state index in [1.807, 2.05) is 49.1 Å². The first-order valence-corrected chi connectivity index (χ1v) is 10.9. The van der Waals surface area contributed by atoms with Gasteiger partial charge in [0.25, 0.3) is 0 Å². The Balaban J connectivity index is 1.34. The lowest BCUT2D eigenvalue weighted by atomic mass is 10.1. The highest BCUT2D eigenvalue weighted by Crippen LogP contribution is 2.24. The third kappa shape index (κ3) is 4.71. The van der Waals surface area contributed by atoms with Crippen molar-refractivity contribution in [3.05, 3.63) is 60.0 Å². The second-order valence-electron chi connectivity index (χ2n) is 8.07. The molecule has 0 aliphatic carbocycles. The molecule has 1 aliphatic heterocycles. The van der Waals surface area contributed by atoms with E-state index in [4.69, 9.17) is 4.52 Å². The third-order valence-electron chi connectivity index (χ3n) is 5.63. The Morgan fingerprint density at radius 1 is 1.06 bits per heavy atom. The Kier molecular flexibility index (Phi) is 6.21. The summed E-state index contributed by atoms with van der Waals surface area (Å²) in [5.74, 6) is 1.48. The predicted octanol–water partition coefficient (Wildman–Crippen LogP) is 4.78. The smallest absolute Gasteiger partial charge is 0.321 e. The van der Waals surface area contributed by atoms with E-state index < -0.39 is 0 Å². The van der Waals surface area contributed by atoms with Crippen LogP contribution < -0.4 is 10.2 Å². The van der Waals surface area contributed by atoms with Gasteiger partial charge >= 0.3 is 6.03 Å². The topological polar surface area (TPSA) is 74.5 Å². The number of aromatic nitrogens is 2. The molecule has 1 fully saturated rings. The van der Waals surface area contributed by atoms with Crippen LogP contribution in [0.2, 0.25) is 0 Å². The van der Waals surface area contributed by atoms with E-state index in [0.717, 1.165) is 42.0 Å². The summed E-state index contributed by atoms with van der Waals surface area (Å²) in [7, 11) is 0. The van der Waals surface area contributed by atoms with E-state index in [-0.39, 0.29) is 11.9 Å². The molecule has 0 bridgehead atoms. The molecule has 1 saturated heterocycles. The van der Waals surface area contributed by atoms with Gasteiger partial charge in [0.05, 0.1) is 0 Å². The fourth-order valence-corrected chi connectivity index (χ4v) is 3.72. The molecule has 1 aromatic heterocycles. The maximum Gasteiger partial charge on any atom is 0.321 e. The minimum atomic E-state index is -0.0334. The molecule has 0 unspecified atom stereocenters. The first kappa shape index (κ1) is 20.9. The predicted molar refractivity (Wildman–Crippen MR) is 122 cm³/mol. The summed E-state index contributed by atoms with van der Waals surface area (Å²) < 4.78 is 5.30. The molecule has 7 heteroatoms. The van der Waals surface area contributed by atoms with Crippen LogP contribution in [0.3, 0.4) is 0 Å². The molecule has 2 aromatic carbocycles. The quantitative estimate of drug-likeness (QED) is 0.644. The van der Waals surface area contributed by atoms with Crippen molar-refractivity contribution >= 4 is 17.4 Å². The molecule has 3 aromatic rings. The lowest BCUT2D eigenvalue weighted by Gasteiger charge is -2.36. The molecular formula is C24H29N5O2. The van der Waals surface area contributed by atoms with Gasteiger partial charge in [-0.15, -0.1) is 0 Å². The Labute approximate surface area is 183 Å². The van der Waals surface area contributed by atoms with E-state index in [9.17, 15) is 4.79 Å². The summed E-state index contributed by atoms with van der Waals surface area (Å²) in [6.07, 6.45) is 0.892. The number of aryl methyl sites for hydroxylation is 1. The molecule has 1 N–H and O–H groups in total. The standard InChI is InChI=1S/C24H29N5O2/c1-4-18-7-5-6-8-21(18)25-24(30)29-15-13-28(14-16-29)20-11-9-19(10-12-20)22-26-23(17(2)3)31-27-22/h5-12,17H,4,13-16H2,1-3H3,(H,25,30). The van der Waals surface area contributed by atoms with Crippen LogP contribution in [-0.2, 0) is 6.42 Å². The molecule has 1 aliphatic rings. The molecular weight excluding hydrogens is 390 g/mol. The lowest BCUT2D eigenvalue weighted by molar-refractivity contribution is 0.208. The highest BCUT2D eigenvalue weighted by atomic mass is 16.5. The average Bonchev–Trinajstić information content (AvgIpc) is 3.30. The van der Waals surface area contributed by atoms with E-state index in [2.05, 4.69) is 45.5 Å². The van der Waals surface area contributed by atoms with Crippen LogP contribution in [0.15, 0.2) is 53.1 Å². The molecule has 162 valence electrons. The van der Waals surface area contributed by atoms with Gasteiger partial charge in [0, 0.05) is 49.0 Å². The number of para-hydroxylation sites is 1. The van der Waals surface area contributed by atoms with Gasteiger partial charge in [-0.2, -0.15) is 4.98 Å². The van der Waals surface area contributed by atoms with Gasteiger partial charge in [-0.3, -0.25) is 0 Å². The van der Waals surface area contributed by atoms with Crippen molar-refractivity contribution in [2.24, 2.45) is 0 Å². The van der Waals surface area contributed by atoms with Crippen LogP contribution in [0.1, 0.15) is 38.1 Å². The molecule has 0 saturated carbocycles. The van der Waals surface area contributed by atoms with E-state index in [1.54, 1.807) is 0 Å². The first-order chi connectivity index (χ1) is 15.0. The maximum absolute atomic E-state index is 12.7. The Morgan fingerprint density at radius 2 is 1.77 bits per heavy atom. The number of benzene rings is 2. The third-order valence-corrected chi connectivity index (χ3v) is 5.63. The monoisotopic (exact) mass is 419 g/mol. The van der Waals surface area contributed by atoms with E-state index >= 15 is 0 Å².